The van der Waals surface area contributed by atoms with Crippen molar-refractivity contribution in [2.24, 2.45) is 0 Å². The number of fused-ring (bicyclic) bond motifs is 2. The summed E-state index contributed by atoms with van der Waals surface area (Å²) in [5, 5.41) is 10.8. The van der Waals surface area contributed by atoms with Crippen LogP contribution < -0.4 is 4.74 Å². The van der Waals surface area contributed by atoms with Crippen LogP contribution in [0.3, 0.4) is 0 Å². The minimum Gasteiger partial charge on any atom is -0.504 e. The maximum absolute atomic E-state index is 10.8. The zero-order valence-corrected chi connectivity index (χ0v) is 13.2. The third-order valence-electron chi connectivity index (χ3n) is 5.05. The van der Waals surface area contributed by atoms with Gasteiger partial charge in [0, 0.05) is 18.2 Å². The number of hydrogen-bond acceptors (Lipinski definition) is 3. The fourth-order valence-corrected chi connectivity index (χ4v) is 4.02. The van der Waals surface area contributed by atoms with Crippen LogP contribution in [-0.4, -0.2) is 30.2 Å². The lowest BCUT2D eigenvalue weighted by molar-refractivity contribution is 0.206. The topological polar surface area (TPSA) is 32.7 Å². The van der Waals surface area contributed by atoms with Gasteiger partial charge in [-0.25, -0.2) is 0 Å². The molecule has 116 valence electrons. The molecule has 1 N–H and O–H groups in total. The number of ether oxygens (including phenoxy) is 1. The lowest BCUT2D eigenvalue weighted by atomic mass is 9.76. The lowest BCUT2D eigenvalue weighted by Crippen LogP contribution is -2.38. The molecule has 1 aliphatic heterocycles. The molecule has 2 aromatic carbocycles. The summed E-state index contributed by atoms with van der Waals surface area (Å²) in [6.45, 7) is 1.58. The van der Waals surface area contributed by atoms with Gasteiger partial charge in [-0.15, -0.1) is 6.42 Å². The Balaban J connectivity index is 2.01. The molecule has 0 aromatic heterocycles. The third kappa shape index (κ3) is 2.03. The molecule has 0 saturated carbocycles. The Morgan fingerprint density at radius 1 is 1.35 bits per heavy atom. The SMILES string of the molecule is C#CCN1CCc2cc(OC)c(O)c3c2C1Cc1ccccc1-3. The van der Waals surface area contributed by atoms with E-state index in [0.29, 0.717) is 12.3 Å². The van der Waals surface area contributed by atoms with Gasteiger partial charge in [-0.1, -0.05) is 30.2 Å². The quantitative estimate of drug-likeness (QED) is 0.865. The second kappa shape index (κ2) is 5.33. The Morgan fingerprint density at radius 2 is 2.17 bits per heavy atom. The number of rotatable bonds is 2. The van der Waals surface area contributed by atoms with Crippen molar-refractivity contribution in [2.45, 2.75) is 18.9 Å². The van der Waals surface area contributed by atoms with Crippen LogP contribution in [-0.2, 0) is 12.8 Å². The van der Waals surface area contributed by atoms with Crippen LogP contribution in [0, 0.1) is 12.3 Å². The largest absolute Gasteiger partial charge is 0.504 e. The number of aromatic hydroxyl groups is 1. The van der Waals surface area contributed by atoms with E-state index in [-0.39, 0.29) is 11.8 Å². The van der Waals surface area contributed by atoms with Gasteiger partial charge >= 0.3 is 0 Å². The van der Waals surface area contributed by atoms with E-state index in [2.05, 4.69) is 29.0 Å². The van der Waals surface area contributed by atoms with Crippen molar-refractivity contribution in [1.82, 2.24) is 4.90 Å². The summed E-state index contributed by atoms with van der Waals surface area (Å²) >= 11 is 0. The Bertz CT molecular complexity index is 819. The van der Waals surface area contributed by atoms with Crippen molar-refractivity contribution in [3.05, 3.63) is 47.0 Å². The molecule has 0 bridgehead atoms. The number of methoxy groups -OCH3 is 1. The fraction of sp³-hybridized carbons (Fsp3) is 0.300. The highest BCUT2D eigenvalue weighted by Crippen LogP contribution is 2.51. The second-order valence-corrected chi connectivity index (χ2v) is 6.18. The zero-order chi connectivity index (χ0) is 16.0. The first-order valence-electron chi connectivity index (χ1n) is 7.93. The van der Waals surface area contributed by atoms with E-state index in [1.165, 1.54) is 16.7 Å². The van der Waals surface area contributed by atoms with Gasteiger partial charge < -0.3 is 9.84 Å². The minimum atomic E-state index is 0.233. The first kappa shape index (κ1) is 14.2. The summed E-state index contributed by atoms with van der Waals surface area (Å²) in [7, 11) is 1.61. The molecule has 0 fully saturated rings. The smallest absolute Gasteiger partial charge is 0.166 e. The molecule has 3 nitrogen and oxygen atoms in total. The molecule has 2 aromatic rings. The molecular weight excluding hydrogens is 286 g/mol. The average molecular weight is 305 g/mol. The molecule has 0 radical (unpaired) electrons. The van der Waals surface area contributed by atoms with E-state index in [9.17, 15) is 5.11 Å². The van der Waals surface area contributed by atoms with Gasteiger partial charge in [-0.05, 0) is 41.2 Å². The summed E-state index contributed by atoms with van der Waals surface area (Å²) in [4.78, 5) is 2.34. The Kier molecular flexibility index (Phi) is 3.28. The standard InChI is InChI=1S/C20H19NO2/c1-3-9-21-10-8-14-12-17(23-2)20(22)19-15-7-5-4-6-13(15)11-16(21)18(14)19/h1,4-7,12,16,22H,8-11H2,2H3. The van der Waals surface area contributed by atoms with Gasteiger partial charge in [0.05, 0.1) is 13.7 Å². The van der Waals surface area contributed by atoms with Gasteiger partial charge in [0.25, 0.3) is 0 Å². The van der Waals surface area contributed by atoms with Crippen LogP contribution in [0.15, 0.2) is 30.3 Å². The molecule has 1 unspecified atom stereocenters. The molecule has 4 rings (SSSR count). The summed E-state index contributed by atoms with van der Waals surface area (Å²) in [6.07, 6.45) is 7.43. The molecule has 3 heteroatoms. The van der Waals surface area contributed by atoms with Crippen molar-refractivity contribution in [3.63, 3.8) is 0 Å². The van der Waals surface area contributed by atoms with Crippen LogP contribution in [0.1, 0.15) is 22.7 Å². The molecule has 0 saturated heterocycles. The van der Waals surface area contributed by atoms with E-state index < -0.39 is 0 Å². The summed E-state index contributed by atoms with van der Waals surface area (Å²) in [5.74, 6) is 3.57. The van der Waals surface area contributed by atoms with Crippen LogP contribution in [0.4, 0.5) is 0 Å². The number of nitrogens with zero attached hydrogens (tertiary/aromatic N) is 1. The van der Waals surface area contributed by atoms with Crippen LogP contribution >= 0.6 is 0 Å². The molecular formula is C20H19NO2. The number of terminal acetylenes is 1. The Labute approximate surface area is 136 Å². The van der Waals surface area contributed by atoms with Gasteiger partial charge in [0.15, 0.2) is 11.5 Å². The highest BCUT2D eigenvalue weighted by molar-refractivity contribution is 5.83. The monoisotopic (exact) mass is 305 g/mol. The zero-order valence-electron chi connectivity index (χ0n) is 13.2. The fourth-order valence-electron chi connectivity index (χ4n) is 4.02. The minimum absolute atomic E-state index is 0.233. The van der Waals surface area contributed by atoms with E-state index in [0.717, 1.165) is 30.5 Å². The van der Waals surface area contributed by atoms with E-state index >= 15 is 0 Å². The van der Waals surface area contributed by atoms with Gasteiger partial charge in [0.1, 0.15) is 0 Å². The van der Waals surface area contributed by atoms with Gasteiger partial charge in [0.2, 0.25) is 0 Å². The maximum atomic E-state index is 10.8. The third-order valence-corrected chi connectivity index (χ3v) is 5.05. The number of benzene rings is 2. The van der Waals surface area contributed by atoms with Crippen molar-refractivity contribution in [2.75, 3.05) is 20.2 Å². The van der Waals surface area contributed by atoms with Gasteiger partial charge in [-0.3, -0.25) is 4.90 Å². The summed E-state index contributed by atoms with van der Waals surface area (Å²) < 4.78 is 5.41. The molecule has 23 heavy (non-hydrogen) atoms. The molecule has 0 amide bonds. The maximum Gasteiger partial charge on any atom is 0.166 e. The normalized spacial score (nSPS) is 18.7. The van der Waals surface area contributed by atoms with Crippen molar-refractivity contribution >= 4 is 0 Å². The lowest BCUT2D eigenvalue weighted by Gasteiger charge is -2.41. The predicted octanol–water partition coefficient (Wildman–Crippen LogP) is 3.16. The van der Waals surface area contributed by atoms with Crippen molar-refractivity contribution < 1.29 is 9.84 Å². The second-order valence-electron chi connectivity index (χ2n) is 6.18. The molecule has 2 aliphatic rings. The highest BCUT2D eigenvalue weighted by atomic mass is 16.5. The average Bonchev–Trinajstić information content (AvgIpc) is 2.58. The van der Waals surface area contributed by atoms with E-state index in [1.54, 1.807) is 7.11 Å². The van der Waals surface area contributed by atoms with Crippen LogP contribution in [0.25, 0.3) is 11.1 Å². The highest BCUT2D eigenvalue weighted by Gasteiger charge is 2.36. The summed E-state index contributed by atoms with van der Waals surface area (Å²) in [6, 6.07) is 10.5. The Hall–Kier alpha value is -2.44. The first-order chi connectivity index (χ1) is 11.2. The number of hydrogen-bond donors (Lipinski definition) is 1. The predicted molar refractivity (Wildman–Crippen MR) is 90.6 cm³/mol. The van der Waals surface area contributed by atoms with Gasteiger partial charge in [-0.2, -0.15) is 0 Å². The van der Waals surface area contributed by atoms with Crippen molar-refractivity contribution in [1.29, 1.82) is 0 Å². The van der Waals surface area contributed by atoms with E-state index in [1.807, 2.05) is 12.1 Å². The summed E-state index contributed by atoms with van der Waals surface area (Å²) in [5.41, 5.74) is 5.78. The van der Waals surface area contributed by atoms with Crippen molar-refractivity contribution in [3.8, 4) is 35.0 Å². The first-order valence-corrected chi connectivity index (χ1v) is 7.93. The molecule has 1 aliphatic carbocycles. The molecule has 1 atom stereocenters. The number of phenolic OH excluding ortho intramolecular Hbond substituents is 1. The van der Waals surface area contributed by atoms with E-state index in [4.69, 9.17) is 11.2 Å². The van der Waals surface area contributed by atoms with Crippen LogP contribution in [0.5, 0.6) is 11.5 Å². The molecule has 0 spiro atoms. The number of phenols is 1. The Morgan fingerprint density at radius 3 is 2.96 bits per heavy atom. The van der Waals surface area contributed by atoms with Crippen LogP contribution in [0.2, 0.25) is 0 Å². The molecule has 1 heterocycles.